The van der Waals surface area contributed by atoms with E-state index in [2.05, 4.69) is 10.2 Å². The van der Waals surface area contributed by atoms with Crippen molar-refractivity contribution in [3.63, 3.8) is 0 Å². The fourth-order valence-electron chi connectivity index (χ4n) is 2.09. The Balaban J connectivity index is 2.40. The first kappa shape index (κ1) is 13.0. The van der Waals surface area contributed by atoms with Crippen LogP contribution in [0.15, 0.2) is 0 Å². The lowest BCUT2D eigenvalue weighted by Gasteiger charge is -2.22. The van der Waals surface area contributed by atoms with Crippen LogP contribution >= 0.6 is 11.3 Å². The molecule has 2 amide bonds. The second kappa shape index (κ2) is 5.07. The van der Waals surface area contributed by atoms with Crippen LogP contribution in [0.5, 0.6) is 0 Å². The third kappa shape index (κ3) is 2.39. The summed E-state index contributed by atoms with van der Waals surface area (Å²) < 4.78 is 0. The monoisotopic (exact) mass is 267 g/mol. The predicted molar refractivity (Wildman–Crippen MR) is 71.8 cm³/mol. The van der Waals surface area contributed by atoms with Crippen molar-refractivity contribution in [3.05, 3.63) is 16.0 Å². The Morgan fingerprint density at radius 2 is 2.22 bits per heavy atom. The molecule has 0 saturated heterocycles. The third-order valence-corrected chi connectivity index (χ3v) is 4.20. The Kier molecular flexibility index (Phi) is 3.68. The second-order valence-corrected chi connectivity index (χ2v) is 5.57. The summed E-state index contributed by atoms with van der Waals surface area (Å²) in [5.41, 5.74) is 6.95. The van der Waals surface area contributed by atoms with Gasteiger partial charge in [-0.25, -0.2) is 0 Å². The van der Waals surface area contributed by atoms with Crippen molar-refractivity contribution < 1.29 is 9.59 Å². The molecule has 0 radical (unpaired) electrons. The minimum Gasteiger partial charge on any atom is -0.365 e. The molecule has 1 aliphatic rings. The predicted octanol–water partition coefficient (Wildman–Crippen LogP) is 1.18. The van der Waals surface area contributed by atoms with Crippen LogP contribution in [0.4, 0.5) is 5.00 Å². The van der Waals surface area contributed by atoms with Crippen LogP contribution in [-0.2, 0) is 17.8 Å². The average molecular weight is 267 g/mol. The van der Waals surface area contributed by atoms with Crippen molar-refractivity contribution in [3.8, 4) is 0 Å². The van der Waals surface area contributed by atoms with Gasteiger partial charge in [0.05, 0.1) is 5.56 Å². The van der Waals surface area contributed by atoms with Gasteiger partial charge in [0.25, 0.3) is 5.91 Å². The number of fused-ring (bicyclic) bond motifs is 1. The maximum absolute atomic E-state index is 11.6. The highest BCUT2D eigenvalue weighted by Gasteiger charge is 2.26. The molecular formula is C12H17N3O2S. The summed E-state index contributed by atoms with van der Waals surface area (Å²) in [6.45, 7) is 3.49. The minimum absolute atomic E-state index is 0.0931. The van der Waals surface area contributed by atoms with Crippen molar-refractivity contribution in [1.82, 2.24) is 4.90 Å². The summed E-state index contributed by atoms with van der Waals surface area (Å²) in [5.74, 6) is -0.548. The molecule has 3 N–H and O–H groups in total. The van der Waals surface area contributed by atoms with E-state index in [1.807, 2.05) is 7.05 Å². The Labute approximate surface area is 110 Å². The van der Waals surface area contributed by atoms with Gasteiger partial charge in [-0.05, 0) is 19.0 Å². The second-order valence-electron chi connectivity index (χ2n) is 4.46. The lowest BCUT2D eigenvalue weighted by atomic mass is 10.0. The molecule has 0 fully saturated rings. The zero-order valence-electron chi connectivity index (χ0n) is 10.6. The maximum Gasteiger partial charge on any atom is 0.251 e. The first-order chi connectivity index (χ1) is 8.52. The van der Waals surface area contributed by atoms with Crippen LogP contribution in [-0.4, -0.2) is 30.3 Å². The number of amides is 2. The van der Waals surface area contributed by atoms with E-state index in [-0.39, 0.29) is 5.91 Å². The number of likely N-dealkylation sites (N-methyl/N-ethyl adjacent to an activating group) is 1. The lowest BCUT2D eigenvalue weighted by molar-refractivity contribution is -0.115. The highest BCUT2D eigenvalue weighted by Crippen LogP contribution is 2.36. The summed E-state index contributed by atoms with van der Waals surface area (Å²) in [7, 11) is 2.04. The first-order valence-corrected chi connectivity index (χ1v) is 6.77. The molecule has 0 saturated carbocycles. The summed E-state index contributed by atoms with van der Waals surface area (Å²) in [6.07, 6.45) is 1.20. The molecule has 2 rings (SSSR count). The Bertz CT molecular complexity index is 496. The van der Waals surface area contributed by atoms with E-state index in [1.165, 1.54) is 11.3 Å². The molecule has 1 aromatic heterocycles. The van der Waals surface area contributed by atoms with Crippen molar-refractivity contribution >= 4 is 28.2 Å². The van der Waals surface area contributed by atoms with E-state index in [0.29, 0.717) is 17.0 Å². The van der Waals surface area contributed by atoms with Gasteiger partial charge >= 0.3 is 0 Å². The number of anilines is 1. The van der Waals surface area contributed by atoms with Crippen molar-refractivity contribution in [2.24, 2.45) is 5.73 Å². The van der Waals surface area contributed by atoms with Crippen molar-refractivity contribution in [1.29, 1.82) is 0 Å². The van der Waals surface area contributed by atoms with Crippen LogP contribution in [0.3, 0.4) is 0 Å². The van der Waals surface area contributed by atoms with Crippen LogP contribution in [0.1, 0.15) is 34.1 Å². The van der Waals surface area contributed by atoms with E-state index in [9.17, 15) is 9.59 Å². The summed E-state index contributed by atoms with van der Waals surface area (Å²) >= 11 is 1.46. The number of thiophene rings is 1. The van der Waals surface area contributed by atoms with E-state index >= 15 is 0 Å². The maximum atomic E-state index is 11.6. The molecule has 5 nitrogen and oxygen atoms in total. The molecule has 0 bridgehead atoms. The summed E-state index contributed by atoms with van der Waals surface area (Å²) in [5, 5.41) is 3.38. The molecule has 0 unspecified atom stereocenters. The van der Waals surface area contributed by atoms with Crippen LogP contribution in [0.25, 0.3) is 0 Å². The smallest absolute Gasteiger partial charge is 0.251 e. The van der Waals surface area contributed by atoms with E-state index < -0.39 is 5.91 Å². The molecule has 1 aromatic rings. The SMILES string of the molecule is CCC(=O)Nc1sc2c(c1C(N)=O)CCN(C)C2. The number of primary amides is 1. The van der Waals surface area contributed by atoms with Crippen molar-refractivity contribution in [2.75, 3.05) is 18.9 Å². The minimum atomic E-state index is -0.455. The van der Waals surface area contributed by atoms with Gasteiger partial charge in [0.15, 0.2) is 0 Å². The highest BCUT2D eigenvalue weighted by atomic mass is 32.1. The van der Waals surface area contributed by atoms with E-state index in [1.54, 1.807) is 6.92 Å². The topological polar surface area (TPSA) is 75.4 Å². The lowest BCUT2D eigenvalue weighted by Crippen LogP contribution is -2.27. The van der Waals surface area contributed by atoms with Gasteiger partial charge < -0.3 is 16.0 Å². The molecule has 0 aromatic carbocycles. The van der Waals surface area contributed by atoms with Gasteiger partial charge in [-0.15, -0.1) is 11.3 Å². The highest BCUT2D eigenvalue weighted by molar-refractivity contribution is 7.17. The van der Waals surface area contributed by atoms with E-state index in [0.717, 1.165) is 30.0 Å². The standard InChI is InChI=1S/C12H17N3O2S/c1-3-9(16)14-12-10(11(13)17)7-4-5-15(2)6-8(7)18-12/h3-6H2,1-2H3,(H2,13,17)(H,14,16). The number of nitrogens with one attached hydrogen (secondary N) is 1. The van der Waals surface area contributed by atoms with Crippen LogP contribution < -0.4 is 11.1 Å². The summed E-state index contributed by atoms with van der Waals surface area (Å²) in [6, 6.07) is 0. The quantitative estimate of drug-likeness (QED) is 0.863. The number of carbonyl (C=O) groups is 2. The zero-order valence-corrected chi connectivity index (χ0v) is 11.4. The number of hydrogen-bond donors (Lipinski definition) is 2. The Morgan fingerprint density at radius 3 is 2.83 bits per heavy atom. The molecule has 0 atom stereocenters. The third-order valence-electron chi connectivity index (χ3n) is 3.07. The van der Waals surface area contributed by atoms with Gasteiger partial charge in [0.2, 0.25) is 5.91 Å². The Hall–Kier alpha value is -1.40. The number of nitrogens with two attached hydrogens (primary N) is 1. The number of nitrogens with zero attached hydrogens (tertiary/aromatic N) is 1. The molecule has 6 heteroatoms. The van der Waals surface area contributed by atoms with Crippen LogP contribution in [0, 0.1) is 0 Å². The van der Waals surface area contributed by atoms with Crippen molar-refractivity contribution in [2.45, 2.75) is 26.3 Å². The molecule has 98 valence electrons. The van der Waals surface area contributed by atoms with Gasteiger partial charge in [0.1, 0.15) is 5.00 Å². The van der Waals surface area contributed by atoms with Gasteiger partial charge in [-0.1, -0.05) is 6.92 Å². The average Bonchev–Trinajstić information content (AvgIpc) is 2.65. The van der Waals surface area contributed by atoms with Gasteiger partial charge in [-0.3, -0.25) is 9.59 Å². The molecule has 2 heterocycles. The summed E-state index contributed by atoms with van der Waals surface area (Å²) in [4.78, 5) is 26.4. The fourth-order valence-corrected chi connectivity index (χ4v) is 3.44. The number of hydrogen-bond acceptors (Lipinski definition) is 4. The number of carbonyl (C=O) groups excluding carboxylic acids is 2. The zero-order chi connectivity index (χ0) is 13.3. The molecule has 18 heavy (non-hydrogen) atoms. The first-order valence-electron chi connectivity index (χ1n) is 5.95. The normalized spacial score (nSPS) is 15.2. The van der Waals surface area contributed by atoms with Crippen LogP contribution in [0.2, 0.25) is 0 Å². The Morgan fingerprint density at radius 1 is 1.50 bits per heavy atom. The number of rotatable bonds is 3. The van der Waals surface area contributed by atoms with E-state index in [4.69, 9.17) is 5.73 Å². The van der Waals surface area contributed by atoms with Gasteiger partial charge in [-0.2, -0.15) is 0 Å². The molecule has 0 spiro atoms. The molecular weight excluding hydrogens is 250 g/mol. The fraction of sp³-hybridized carbons (Fsp3) is 0.500. The van der Waals surface area contributed by atoms with Gasteiger partial charge in [0, 0.05) is 24.4 Å². The largest absolute Gasteiger partial charge is 0.365 e. The molecule has 0 aliphatic carbocycles. The molecule has 1 aliphatic heterocycles.